The van der Waals surface area contributed by atoms with Crippen molar-refractivity contribution in [1.29, 1.82) is 0 Å². The number of amides is 1. The van der Waals surface area contributed by atoms with Gasteiger partial charge in [0.15, 0.2) is 0 Å². The van der Waals surface area contributed by atoms with Gasteiger partial charge in [-0.1, -0.05) is 12.1 Å². The van der Waals surface area contributed by atoms with Gasteiger partial charge in [-0.15, -0.1) is 0 Å². The van der Waals surface area contributed by atoms with Gasteiger partial charge in [0, 0.05) is 30.9 Å². The van der Waals surface area contributed by atoms with E-state index in [2.05, 4.69) is 10.2 Å². The number of morpholine rings is 1. The van der Waals surface area contributed by atoms with Crippen molar-refractivity contribution in [3.63, 3.8) is 0 Å². The van der Waals surface area contributed by atoms with E-state index in [0.717, 1.165) is 37.6 Å². The molecule has 0 bridgehead atoms. The van der Waals surface area contributed by atoms with Crippen molar-refractivity contribution in [2.24, 2.45) is 0 Å². The Balaban J connectivity index is 1.50. The molecule has 0 aromatic heterocycles. The summed E-state index contributed by atoms with van der Waals surface area (Å²) in [5, 5.41) is 2.89. The summed E-state index contributed by atoms with van der Waals surface area (Å²) < 4.78 is 18.2. The first-order valence-electron chi connectivity index (χ1n) is 8.18. The highest BCUT2D eigenvalue weighted by Crippen LogP contribution is 2.16. The summed E-state index contributed by atoms with van der Waals surface area (Å²) in [6.45, 7) is 3.76. The third kappa shape index (κ3) is 4.32. The normalized spacial score (nSPS) is 14.5. The molecule has 1 amide bonds. The van der Waals surface area contributed by atoms with Crippen molar-refractivity contribution >= 4 is 11.6 Å². The Morgan fingerprint density at radius 2 is 1.71 bits per heavy atom. The van der Waals surface area contributed by atoms with Crippen LogP contribution in [-0.4, -0.2) is 38.8 Å². The van der Waals surface area contributed by atoms with Crippen molar-refractivity contribution in [3.05, 3.63) is 65.5 Å². The second-order valence-electron chi connectivity index (χ2n) is 5.78. The molecule has 1 fully saturated rings. The van der Waals surface area contributed by atoms with Crippen LogP contribution in [0.5, 0.6) is 0 Å². The van der Waals surface area contributed by atoms with E-state index in [0.29, 0.717) is 18.5 Å². The van der Waals surface area contributed by atoms with Crippen molar-refractivity contribution in [2.45, 2.75) is 6.42 Å². The smallest absolute Gasteiger partial charge is 0.251 e. The predicted octanol–water partition coefficient (Wildman–Crippen LogP) is 2.63. The summed E-state index contributed by atoms with van der Waals surface area (Å²) in [5.74, 6) is -0.339. The maximum absolute atomic E-state index is 12.8. The zero-order valence-corrected chi connectivity index (χ0v) is 13.5. The number of rotatable bonds is 5. The van der Waals surface area contributed by atoms with Crippen molar-refractivity contribution in [2.75, 3.05) is 37.7 Å². The molecular weight excluding hydrogens is 307 g/mol. The number of carbonyl (C=O) groups is 1. The number of anilines is 1. The van der Waals surface area contributed by atoms with Gasteiger partial charge in [0.2, 0.25) is 0 Å². The molecule has 24 heavy (non-hydrogen) atoms. The quantitative estimate of drug-likeness (QED) is 0.917. The Morgan fingerprint density at radius 3 is 2.38 bits per heavy atom. The molecule has 0 atom stereocenters. The van der Waals surface area contributed by atoms with Crippen LogP contribution in [0.1, 0.15) is 15.9 Å². The van der Waals surface area contributed by atoms with Gasteiger partial charge in [0.25, 0.3) is 5.91 Å². The third-order valence-corrected chi connectivity index (χ3v) is 4.12. The Kier molecular flexibility index (Phi) is 5.43. The minimum atomic E-state index is -0.247. The first-order chi connectivity index (χ1) is 11.7. The molecule has 0 aliphatic carbocycles. The molecule has 5 heteroatoms. The highest BCUT2D eigenvalue weighted by atomic mass is 19.1. The molecule has 1 N–H and O–H groups in total. The van der Waals surface area contributed by atoms with E-state index in [4.69, 9.17) is 4.74 Å². The molecule has 2 aromatic rings. The number of ether oxygens (including phenoxy) is 1. The lowest BCUT2D eigenvalue weighted by atomic mass is 10.1. The van der Waals surface area contributed by atoms with Crippen LogP contribution in [0, 0.1) is 5.82 Å². The van der Waals surface area contributed by atoms with E-state index in [9.17, 15) is 9.18 Å². The molecular formula is C19H21FN2O2. The van der Waals surface area contributed by atoms with Gasteiger partial charge in [0.05, 0.1) is 13.2 Å². The standard InChI is InChI=1S/C19H21FN2O2/c20-17-5-1-15(2-6-17)9-10-21-19(23)16-3-7-18(8-4-16)22-11-13-24-14-12-22/h1-8H,9-14H2,(H,21,23). The lowest BCUT2D eigenvalue weighted by Crippen LogP contribution is -2.36. The van der Waals surface area contributed by atoms with E-state index < -0.39 is 0 Å². The zero-order chi connectivity index (χ0) is 16.8. The fourth-order valence-corrected chi connectivity index (χ4v) is 2.72. The van der Waals surface area contributed by atoms with Crippen LogP contribution in [0.25, 0.3) is 0 Å². The summed E-state index contributed by atoms with van der Waals surface area (Å²) in [7, 11) is 0. The maximum Gasteiger partial charge on any atom is 0.251 e. The van der Waals surface area contributed by atoms with E-state index in [1.165, 1.54) is 12.1 Å². The number of halogens is 1. The topological polar surface area (TPSA) is 41.6 Å². The summed E-state index contributed by atoms with van der Waals surface area (Å²) in [4.78, 5) is 14.4. The van der Waals surface area contributed by atoms with Gasteiger partial charge in [-0.2, -0.15) is 0 Å². The highest BCUT2D eigenvalue weighted by molar-refractivity contribution is 5.94. The fraction of sp³-hybridized carbons (Fsp3) is 0.316. The van der Waals surface area contributed by atoms with E-state index in [1.54, 1.807) is 12.1 Å². The van der Waals surface area contributed by atoms with E-state index in [1.807, 2.05) is 24.3 Å². The monoisotopic (exact) mass is 328 g/mol. The van der Waals surface area contributed by atoms with Gasteiger partial charge >= 0.3 is 0 Å². The lowest BCUT2D eigenvalue weighted by Gasteiger charge is -2.28. The summed E-state index contributed by atoms with van der Waals surface area (Å²) >= 11 is 0. The Morgan fingerprint density at radius 1 is 1.04 bits per heavy atom. The molecule has 1 heterocycles. The highest BCUT2D eigenvalue weighted by Gasteiger charge is 2.12. The van der Waals surface area contributed by atoms with Gasteiger partial charge in [-0.3, -0.25) is 4.79 Å². The first kappa shape index (κ1) is 16.5. The van der Waals surface area contributed by atoms with Crippen molar-refractivity contribution in [1.82, 2.24) is 5.32 Å². The van der Waals surface area contributed by atoms with Crippen LogP contribution in [0.2, 0.25) is 0 Å². The molecule has 3 rings (SSSR count). The average molecular weight is 328 g/mol. The Bertz CT molecular complexity index is 665. The molecule has 0 unspecified atom stereocenters. The third-order valence-electron chi connectivity index (χ3n) is 4.12. The lowest BCUT2D eigenvalue weighted by molar-refractivity contribution is 0.0954. The second kappa shape index (κ2) is 7.93. The first-order valence-corrected chi connectivity index (χ1v) is 8.18. The van der Waals surface area contributed by atoms with Gasteiger partial charge < -0.3 is 15.0 Å². The molecule has 1 aliphatic rings. The maximum atomic E-state index is 12.8. The fourth-order valence-electron chi connectivity index (χ4n) is 2.72. The molecule has 2 aromatic carbocycles. The number of nitrogens with one attached hydrogen (secondary N) is 1. The van der Waals surface area contributed by atoms with E-state index in [-0.39, 0.29) is 11.7 Å². The van der Waals surface area contributed by atoms with Crippen LogP contribution < -0.4 is 10.2 Å². The number of nitrogens with zero attached hydrogens (tertiary/aromatic N) is 1. The summed E-state index contributed by atoms with van der Waals surface area (Å²) in [5.41, 5.74) is 2.76. The molecule has 0 saturated carbocycles. The summed E-state index contributed by atoms with van der Waals surface area (Å²) in [6.07, 6.45) is 0.678. The van der Waals surface area contributed by atoms with Crippen molar-refractivity contribution < 1.29 is 13.9 Å². The summed E-state index contributed by atoms with van der Waals surface area (Å²) in [6, 6.07) is 14.0. The molecule has 0 spiro atoms. The second-order valence-corrected chi connectivity index (χ2v) is 5.78. The molecule has 126 valence electrons. The van der Waals surface area contributed by atoms with Gasteiger partial charge in [0.1, 0.15) is 5.82 Å². The van der Waals surface area contributed by atoms with Crippen LogP contribution >= 0.6 is 0 Å². The van der Waals surface area contributed by atoms with Crippen molar-refractivity contribution in [3.8, 4) is 0 Å². The molecule has 0 radical (unpaired) electrons. The van der Waals surface area contributed by atoms with Gasteiger partial charge in [-0.05, 0) is 48.4 Å². The number of carbonyl (C=O) groups excluding carboxylic acids is 1. The Hall–Kier alpha value is -2.40. The van der Waals surface area contributed by atoms with Gasteiger partial charge in [-0.25, -0.2) is 4.39 Å². The molecule has 1 saturated heterocycles. The zero-order valence-electron chi connectivity index (χ0n) is 13.5. The Labute approximate surface area is 141 Å². The van der Waals surface area contributed by atoms with Crippen LogP contribution in [0.4, 0.5) is 10.1 Å². The average Bonchev–Trinajstić information content (AvgIpc) is 2.64. The predicted molar refractivity (Wildman–Crippen MR) is 91.9 cm³/mol. The molecule has 4 nitrogen and oxygen atoms in total. The minimum absolute atomic E-state index is 0.0920. The molecule has 1 aliphatic heterocycles. The van der Waals surface area contributed by atoms with Crippen LogP contribution in [0.3, 0.4) is 0 Å². The largest absolute Gasteiger partial charge is 0.378 e. The van der Waals surface area contributed by atoms with Crippen LogP contribution in [-0.2, 0) is 11.2 Å². The minimum Gasteiger partial charge on any atom is -0.378 e. The number of hydrogen-bond acceptors (Lipinski definition) is 3. The van der Waals surface area contributed by atoms with E-state index >= 15 is 0 Å². The van der Waals surface area contributed by atoms with Crippen LogP contribution in [0.15, 0.2) is 48.5 Å². The number of benzene rings is 2. The number of hydrogen-bond donors (Lipinski definition) is 1. The SMILES string of the molecule is O=C(NCCc1ccc(F)cc1)c1ccc(N2CCOCC2)cc1.